The average molecular weight is 534 g/mol. The summed E-state index contributed by atoms with van der Waals surface area (Å²) in [5.41, 5.74) is 2.85. The third-order valence-electron chi connectivity index (χ3n) is 5.83. The van der Waals surface area contributed by atoms with Crippen LogP contribution in [0.5, 0.6) is 0 Å². The van der Waals surface area contributed by atoms with Crippen molar-refractivity contribution in [3.63, 3.8) is 0 Å². The van der Waals surface area contributed by atoms with E-state index in [2.05, 4.69) is 40.2 Å². The van der Waals surface area contributed by atoms with E-state index >= 15 is 0 Å². The molecule has 0 aliphatic heterocycles. The number of hydrogen-bond acceptors (Lipinski definition) is 6. The zero-order valence-electron chi connectivity index (χ0n) is 22.1. The van der Waals surface area contributed by atoms with Gasteiger partial charge in [0.2, 0.25) is 5.82 Å². The molecule has 38 heavy (non-hydrogen) atoms. The fourth-order valence-electron chi connectivity index (χ4n) is 3.71. The van der Waals surface area contributed by atoms with E-state index in [0.29, 0.717) is 18.0 Å². The van der Waals surface area contributed by atoms with Crippen LogP contribution in [0.4, 0.5) is 16.3 Å². The van der Waals surface area contributed by atoms with E-state index in [1.54, 1.807) is 42.3 Å². The first-order valence-corrected chi connectivity index (χ1v) is 15.8. The standard InChI is InChI=1S/C26H31N7O4Si/c1-31-15-19(14-21(31)25(35)33-11-10-27-17-33)18-6-8-20(9-7-18)28-24(34)23-29-22(16-32(23)2)30-26(36)37-12-13-38(3,4)5/h6-11,14-17H,12-13H2,1-5H3,(H,28,34)(H,30,36). The molecule has 0 saturated heterocycles. The Labute approximate surface area is 221 Å². The highest BCUT2D eigenvalue weighted by Gasteiger charge is 2.18. The van der Waals surface area contributed by atoms with Crippen LogP contribution in [-0.2, 0) is 18.8 Å². The van der Waals surface area contributed by atoms with Gasteiger partial charge in [-0.05, 0) is 29.8 Å². The van der Waals surface area contributed by atoms with Crippen LogP contribution in [0, 0.1) is 0 Å². The van der Waals surface area contributed by atoms with Crippen molar-refractivity contribution < 1.29 is 19.1 Å². The van der Waals surface area contributed by atoms with E-state index in [-0.39, 0.29) is 17.5 Å². The topological polar surface area (TPSA) is 125 Å². The largest absolute Gasteiger partial charge is 0.450 e. The van der Waals surface area contributed by atoms with Crippen LogP contribution in [0.2, 0.25) is 25.7 Å². The number of benzene rings is 1. The minimum Gasteiger partial charge on any atom is -0.450 e. The summed E-state index contributed by atoms with van der Waals surface area (Å²) >= 11 is 0. The summed E-state index contributed by atoms with van der Waals surface area (Å²) in [5.74, 6) is -0.231. The molecule has 0 unspecified atom stereocenters. The lowest BCUT2D eigenvalue weighted by Gasteiger charge is -2.15. The Balaban J connectivity index is 1.38. The summed E-state index contributed by atoms with van der Waals surface area (Å²) in [6.45, 7) is 6.96. The van der Waals surface area contributed by atoms with Crippen molar-refractivity contribution in [2.24, 2.45) is 14.1 Å². The highest BCUT2D eigenvalue weighted by Crippen LogP contribution is 2.24. The predicted molar refractivity (Wildman–Crippen MR) is 147 cm³/mol. The molecule has 198 valence electrons. The van der Waals surface area contributed by atoms with Gasteiger partial charge in [-0.3, -0.25) is 19.5 Å². The molecular weight excluding hydrogens is 502 g/mol. The molecular formula is C26H31N7O4Si. The lowest BCUT2D eigenvalue weighted by Crippen LogP contribution is -2.24. The van der Waals surface area contributed by atoms with Gasteiger partial charge in [0.05, 0.1) is 6.61 Å². The molecule has 2 N–H and O–H groups in total. The fraction of sp³-hybridized carbons (Fsp3) is 0.269. The number of imidazole rings is 2. The Morgan fingerprint density at radius 3 is 2.37 bits per heavy atom. The molecule has 0 atom stereocenters. The monoisotopic (exact) mass is 533 g/mol. The lowest BCUT2D eigenvalue weighted by molar-refractivity contribution is 0.0950. The van der Waals surface area contributed by atoms with Crippen molar-refractivity contribution in [2.45, 2.75) is 25.7 Å². The normalized spacial score (nSPS) is 11.3. The van der Waals surface area contributed by atoms with Gasteiger partial charge in [-0.25, -0.2) is 14.8 Å². The summed E-state index contributed by atoms with van der Waals surface area (Å²) in [6.07, 6.45) is 7.45. The number of aryl methyl sites for hydroxylation is 2. The first-order chi connectivity index (χ1) is 18.0. The minimum atomic E-state index is -1.31. The minimum absolute atomic E-state index is 0.136. The lowest BCUT2D eigenvalue weighted by atomic mass is 10.1. The number of carbonyl (C=O) groups excluding carboxylic acids is 3. The third kappa shape index (κ3) is 6.45. The highest BCUT2D eigenvalue weighted by atomic mass is 28.3. The molecule has 0 aliphatic carbocycles. The second kappa shape index (κ2) is 10.9. The van der Waals surface area contributed by atoms with Crippen molar-refractivity contribution in [2.75, 3.05) is 17.2 Å². The maximum Gasteiger partial charge on any atom is 0.412 e. The molecule has 4 rings (SSSR count). The summed E-state index contributed by atoms with van der Waals surface area (Å²) < 4.78 is 9.95. The number of rotatable bonds is 8. The van der Waals surface area contributed by atoms with E-state index in [1.807, 2.05) is 31.4 Å². The second-order valence-electron chi connectivity index (χ2n) is 10.2. The maximum atomic E-state index is 12.8. The quantitative estimate of drug-likeness (QED) is 0.323. The summed E-state index contributed by atoms with van der Waals surface area (Å²) in [7, 11) is 2.17. The van der Waals surface area contributed by atoms with E-state index in [0.717, 1.165) is 17.2 Å². The number of aromatic nitrogens is 5. The van der Waals surface area contributed by atoms with Crippen molar-refractivity contribution in [3.8, 4) is 11.1 Å². The van der Waals surface area contributed by atoms with Crippen LogP contribution in [0.15, 0.2) is 61.4 Å². The molecule has 3 heterocycles. The first-order valence-electron chi connectivity index (χ1n) is 12.1. The van der Waals surface area contributed by atoms with Gasteiger partial charge in [0.15, 0.2) is 5.82 Å². The van der Waals surface area contributed by atoms with Crippen LogP contribution in [-0.4, -0.2) is 56.3 Å². The Bertz CT molecular complexity index is 1450. The molecule has 2 amide bonds. The van der Waals surface area contributed by atoms with Crippen molar-refractivity contribution in [1.29, 1.82) is 0 Å². The Morgan fingerprint density at radius 1 is 0.974 bits per heavy atom. The van der Waals surface area contributed by atoms with Gasteiger partial charge in [-0.2, -0.15) is 0 Å². The highest BCUT2D eigenvalue weighted by molar-refractivity contribution is 6.76. The number of amides is 2. The number of anilines is 2. The summed E-state index contributed by atoms with van der Waals surface area (Å²) in [4.78, 5) is 45.7. The Kier molecular flexibility index (Phi) is 7.62. The fourth-order valence-corrected chi connectivity index (χ4v) is 4.42. The molecule has 3 aromatic heterocycles. The van der Waals surface area contributed by atoms with E-state index < -0.39 is 20.1 Å². The Hall–Kier alpha value is -4.45. The number of nitrogens with zero attached hydrogens (tertiary/aromatic N) is 5. The van der Waals surface area contributed by atoms with Crippen molar-refractivity contribution >= 4 is 37.5 Å². The molecule has 12 heteroatoms. The van der Waals surface area contributed by atoms with Crippen LogP contribution in [0.25, 0.3) is 11.1 Å². The first kappa shape index (κ1) is 26.6. The number of nitrogens with one attached hydrogen (secondary N) is 2. The summed E-state index contributed by atoms with van der Waals surface area (Å²) in [6, 6.07) is 9.94. The van der Waals surface area contributed by atoms with Crippen LogP contribution in [0.1, 0.15) is 21.1 Å². The van der Waals surface area contributed by atoms with Gasteiger partial charge in [-0.15, -0.1) is 0 Å². The maximum absolute atomic E-state index is 12.8. The zero-order valence-corrected chi connectivity index (χ0v) is 23.1. The average Bonchev–Trinajstić information content (AvgIpc) is 3.59. The van der Waals surface area contributed by atoms with Gasteiger partial charge in [-0.1, -0.05) is 31.8 Å². The van der Waals surface area contributed by atoms with Crippen LogP contribution < -0.4 is 10.6 Å². The smallest absolute Gasteiger partial charge is 0.412 e. The molecule has 0 aliphatic rings. The number of ether oxygens (including phenoxy) is 1. The Morgan fingerprint density at radius 2 is 1.71 bits per heavy atom. The van der Waals surface area contributed by atoms with E-state index in [9.17, 15) is 14.4 Å². The van der Waals surface area contributed by atoms with Gasteiger partial charge in [0.25, 0.3) is 11.8 Å². The van der Waals surface area contributed by atoms with Gasteiger partial charge < -0.3 is 19.2 Å². The molecule has 0 spiro atoms. The molecule has 1 aromatic carbocycles. The summed E-state index contributed by atoms with van der Waals surface area (Å²) in [5, 5.41) is 5.39. The van der Waals surface area contributed by atoms with Crippen LogP contribution >= 0.6 is 0 Å². The molecule has 0 radical (unpaired) electrons. The molecule has 4 aromatic rings. The molecule has 0 saturated carbocycles. The van der Waals surface area contributed by atoms with Crippen molar-refractivity contribution in [3.05, 3.63) is 73.0 Å². The van der Waals surface area contributed by atoms with Gasteiger partial charge >= 0.3 is 6.09 Å². The third-order valence-corrected chi connectivity index (χ3v) is 7.54. The van der Waals surface area contributed by atoms with E-state index in [4.69, 9.17) is 4.74 Å². The number of hydrogen-bond donors (Lipinski definition) is 2. The number of carbonyl (C=O) groups is 3. The SMILES string of the molecule is Cn1cc(-c2ccc(NC(=O)c3nc(NC(=O)OCC[Si](C)(C)C)cn3C)cc2)cc1C(=O)n1ccnc1. The zero-order chi connectivity index (χ0) is 27.4. The van der Waals surface area contributed by atoms with Crippen molar-refractivity contribution in [1.82, 2.24) is 23.7 Å². The van der Waals surface area contributed by atoms with E-state index in [1.165, 1.54) is 15.5 Å². The van der Waals surface area contributed by atoms with Gasteiger partial charge in [0.1, 0.15) is 12.0 Å². The van der Waals surface area contributed by atoms with Crippen LogP contribution in [0.3, 0.4) is 0 Å². The molecule has 0 fully saturated rings. The molecule has 11 nitrogen and oxygen atoms in total. The predicted octanol–water partition coefficient (Wildman–Crippen LogP) is 4.45. The van der Waals surface area contributed by atoms with Gasteiger partial charge in [0, 0.05) is 58.2 Å². The molecule has 0 bridgehead atoms. The second-order valence-corrected chi connectivity index (χ2v) is 15.8.